The summed E-state index contributed by atoms with van der Waals surface area (Å²) in [6, 6.07) is 27.6. The van der Waals surface area contributed by atoms with Crippen LogP contribution < -0.4 is 24.6 Å². The number of nitriles is 2. The second kappa shape index (κ2) is 24.1. The summed E-state index contributed by atoms with van der Waals surface area (Å²) in [7, 11) is 0. The second-order valence-electron chi connectivity index (χ2n) is 7.71. The first kappa shape index (κ1) is 42.8. The minimum absolute atomic E-state index is 0. The molecule has 0 atom stereocenters. The topological polar surface area (TPSA) is 223 Å². The predicted octanol–water partition coefficient (Wildman–Crippen LogP) is 2.93. The summed E-state index contributed by atoms with van der Waals surface area (Å²) in [5.41, 5.74) is 7.38. The molecule has 0 bridgehead atoms. The molecule has 3 N–H and O–H groups in total. The molecular formula is C31H20LiN3O8S3. The normalized spacial score (nSPS) is 8.15. The average molecular weight is 666 g/mol. The fraction of sp³-hybridized carbons (Fsp3) is 0.0323. The zero-order valence-electron chi connectivity index (χ0n) is 24.1. The number of rotatable bonds is 1. The Hall–Kier alpha value is -5.31. The Bertz CT molecular complexity index is 2010. The smallest absolute Gasteiger partial charge is 0.870 e. The Morgan fingerprint density at radius 1 is 0.652 bits per heavy atom. The van der Waals surface area contributed by atoms with Crippen molar-refractivity contribution in [3.8, 4) is 12.1 Å². The van der Waals surface area contributed by atoms with E-state index >= 15 is 0 Å². The average Bonchev–Trinajstić information content (AvgIpc) is 3.77. The molecule has 3 aromatic carbocycles. The fourth-order valence-corrected chi connectivity index (χ4v) is 6.31. The number of fused-ring (bicyclic) bond motifs is 3. The van der Waals surface area contributed by atoms with Gasteiger partial charge in [0.15, 0.2) is 0 Å². The van der Waals surface area contributed by atoms with Gasteiger partial charge in [0.25, 0.3) is 0 Å². The van der Waals surface area contributed by atoms with Gasteiger partial charge in [0.1, 0.15) is 12.1 Å². The van der Waals surface area contributed by atoms with Gasteiger partial charge in [-0.3, -0.25) is 4.79 Å². The van der Waals surface area contributed by atoms with Crippen LogP contribution in [0.5, 0.6) is 0 Å². The zero-order valence-corrected chi connectivity index (χ0v) is 26.5. The van der Waals surface area contributed by atoms with E-state index in [1.807, 2.05) is 71.4 Å². The predicted molar refractivity (Wildman–Crippen MR) is 165 cm³/mol. The van der Waals surface area contributed by atoms with Gasteiger partial charge in [-0.15, -0.1) is 34.0 Å². The van der Waals surface area contributed by atoms with Gasteiger partial charge in [0.05, 0.1) is 26.1 Å². The molecule has 0 spiro atoms. The van der Waals surface area contributed by atoms with Crippen molar-refractivity contribution in [3.63, 3.8) is 0 Å². The Balaban J connectivity index is 0. The molecule has 0 aliphatic carbocycles. The first-order valence-corrected chi connectivity index (χ1v) is 14.3. The van der Waals surface area contributed by atoms with Crippen LogP contribution >= 0.6 is 34.0 Å². The van der Waals surface area contributed by atoms with Crippen LogP contribution in [-0.4, -0.2) is 29.8 Å². The number of nitrogens with two attached hydrogens (primary N) is 1. The molecule has 46 heavy (non-hydrogen) atoms. The van der Waals surface area contributed by atoms with E-state index in [0.29, 0.717) is 5.56 Å². The van der Waals surface area contributed by atoms with Crippen LogP contribution in [0.15, 0.2) is 83.6 Å². The summed E-state index contributed by atoms with van der Waals surface area (Å²) in [4.78, 5) is 60.9. The quantitative estimate of drug-likeness (QED) is 0.253. The molecule has 3 aromatic heterocycles. The maximum atomic E-state index is 10.9. The van der Waals surface area contributed by atoms with E-state index in [4.69, 9.17) is 45.0 Å². The number of nitrogens with zero attached hydrogens (tertiary/aromatic N) is 2. The Morgan fingerprint density at radius 2 is 1.07 bits per heavy atom. The van der Waals surface area contributed by atoms with Crippen molar-refractivity contribution in [1.29, 1.82) is 10.5 Å². The molecule has 0 saturated carbocycles. The minimum atomic E-state index is -0.358. The van der Waals surface area contributed by atoms with Gasteiger partial charge in [0.2, 0.25) is 5.91 Å². The Morgan fingerprint density at radius 3 is 1.54 bits per heavy atom. The standard InChI is InChI=1S/C10H7NS.C9H7NOS.C9H5NS.3CO2.Li.H2O/c1-7-5-8-3-2-4-9(6-11)10(8)12-7;10-9(11)7-3-1-2-6-4-5-12-8(6)7;10-6-8-3-1-2-7-4-5-11-9(7)8;3*2-1-3;;/h2-5H,1H3;1-5H,(H2,10,11);1-5H;;;;;1H2/q;;;;;;+1;/p-1. The van der Waals surface area contributed by atoms with Crippen molar-refractivity contribution in [2.24, 2.45) is 5.73 Å². The molecule has 0 aliphatic rings. The van der Waals surface area contributed by atoms with Crippen LogP contribution in [0.2, 0.25) is 0 Å². The van der Waals surface area contributed by atoms with Crippen molar-refractivity contribution in [2.45, 2.75) is 6.92 Å². The molecule has 11 nitrogen and oxygen atoms in total. The zero-order chi connectivity index (χ0) is 32.9. The summed E-state index contributed by atoms with van der Waals surface area (Å²) in [6.45, 7) is 2.06. The van der Waals surface area contributed by atoms with E-state index in [1.165, 1.54) is 10.3 Å². The van der Waals surface area contributed by atoms with Gasteiger partial charge in [-0.1, -0.05) is 36.4 Å². The van der Waals surface area contributed by atoms with Crippen LogP contribution in [-0.2, 0) is 28.8 Å². The van der Waals surface area contributed by atoms with Gasteiger partial charge in [-0.05, 0) is 70.2 Å². The van der Waals surface area contributed by atoms with Crippen molar-refractivity contribution >= 4 is 88.6 Å². The fourth-order valence-electron chi connectivity index (χ4n) is 3.55. The van der Waals surface area contributed by atoms with E-state index in [1.54, 1.807) is 40.1 Å². The van der Waals surface area contributed by atoms with E-state index < -0.39 is 0 Å². The number of amides is 1. The van der Waals surface area contributed by atoms with Crippen LogP contribution in [0.3, 0.4) is 0 Å². The Labute approximate surface area is 285 Å². The van der Waals surface area contributed by atoms with E-state index in [-0.39, 0.29) is 48.7 Å². The van der Waals surface area contributed by atoms with Crippen molar-refractivity contribution in [3.05, 3.63) is 105 Å². The van der Waals surface area contributed by atoms with Crippen molar-refractivity contribution in [2.75, 3.05) is 0 Å². The molecule has 3 heterocycles. The first-order chi connectivity index (χ1) is 21.3. The molecule has 6 rings (SSSR count). The number of hydrogen-bond acceptors (Lipinski definition) is 13. The third kappa shape index (κ3) is 13.1. The molecule has 0 saturated heterocycles. The van der Waals surface area contributed by atoms with Gasteiger partial charge in [-0.2, -0.15) is 39.3 Å². The third-order valence-corrected chi connectivity index (χ3v) is 8.16. The van der Waals surface area contributed by atoms with Crippen molar-refractivity contribution < 1.29 is 57.9 Å². The van der Waals surface area contributed by atoms with Crippen LogP contribution in [0.1, 0.15) is 26.4 Å². The largest absolute Gasteiger partial charge is 1.00 e. The number of carbonyl (C=O) groups excluding carboxylic acids is 7. The van der Waals surface area contributed by atoms with E-state index in [0.717, 1.165) is 36.0 Å². The van der Waals surface area contributed by atoms with Crippen molar-refractivity contribution in [1.82, 2.24) is 0 Å². The summed E-state index contributed by atoms with van der Waals surface area (Å²) in [5.74, 6) is -0.358. The number of thiophene rings is 3. The van der Waals surface area contributed by atoms with E-state index in [9.17, 15) is 4.79 Å². The summed E-state index contributed by atoms with van der Waals surface area (Å²) < 4.78 is 3.18. The van der Waals surface area contributed by atoms with E-state index in [2.05, 4.69) is 25.1 Å². The van der Waals surface area contributed by atoms with Gasteiger partial charge >= 0.3 is 37.3 Å². The number of primary amides is 1. The molecule has 6 aromatic rings. The molecule has 0 unspecified atom stereocenters. The maximum absolute atomic E-state index is 10.9. The molecule has 0 fully saturated rings. The second-order valence-corrected chi connectivity index (χ2v) is 10.8. The van der Waals surface area contributed by atoms with Crippen LogP contribution in [0.4, 0.5) is 0 Å². The van der Waals surface area contributed by atoms with Crippen LogP contribution in [0, 0.1) is 29.6 Å². The maximum Gasteiger partial charge on any atom is 1.00 e. The number of aryl methyl sites for hydroxylation is 1. The molecule has 0 radical (unpaired) electrons. The number of carbonyl (C=O) groups is 1. The third-order valence-electron chi connectivity index (χ3n) is 5.13. The first-order valence-electron chi connectivity index (χ1n) is 11.8. The molecule has 1 amide bonds. The summed E-state index contributed by atoms with van der Waals surface area (Å²) in [5, 5.41) is 24.9. The molecular weight excluding hydrogens is 645 g/mol. The molecule has 0 aliphatic heterocycles. The Kier molecular flexibility index (Phi) is 22.4. The summed E-state index contributed by atoms with van der Waals surface area (Å²) in [6.07, 6.45) is 0.750. The molecule has 226 valence electrons. The van der Waals surface area contributed by atoms with Gasteiger partial charge in [-0.25, -0.2) is 0 Å². The number of hydrogen-bond donors (Lipinski definition) is 1. The monoisotopic (exact) mass is 665 g/mol. The summed E-state index contributed by atoms with van der Waals surface area (Å²) >= 11 is 4.84. The number of benzene rings is 3. The van der Waals surface area contributed by atoms with Crippen LogP contribution in [0.25, 0.3) is 30.3 Å². The minimum Gasteiger partial charge on any atom is -0.870 e. The van der Waals surface area contributed by atoms with Gasteiger partial charge < -0.3 is 11.2 Å². The molecule has 15 heteroatoms. The van der Waals surface area contributed by atoms with Gasteiger partial charge in [0, 0.05) is 9.58 Å². The SMILES string of the molecule is Cc1cc2cccc(C#N)c2s1.N#Cc1cccc2ccsc12.NC(=O)c1cccc2ccsc12.O=C=O.O=C=O.O=C=O.[Li+].[OH-].